The van der Waals surface area contributed by atoms with E-state index in [-0.39, 0.29) is 11.7 Å². The van der Waals surface area contributed by atoms with Gasteiger partial charge in [-0.25, -0.2) is 12.7 Å². The summed E-state index contributed by atoms with van der Waals surface area (Å²) in [5.74, 6) is 0.147. The molecule has 0 aliphatic carbocycles. The van der Waals surface area contributed by atoms with Crippen molar-refractivity contribution in [3.05, 3.63) is 29.3 Å². The molecule has 2 heterocycles. The average Bonchev–Trinajstić information content (AvgIpc) is 2.66. The van der Waals surface area contributed by atoms with Crippen molar-refractivity contribution < 1.29 is 13.2 Å². The second kappa shape index (κ2) is 8.82. The summed E-state index contributed by atoms with van der Waals surface area (Å²) in [6, 6.07) is 5.68. The largest absolute Gasteiger partial charge is 0.362 e. The lowest BCUT2D eigenvalue weighted by molar-refractivity contribution is 0.0865. The van der Waals surface area contributed by atoms with Crippen LogP contribution < -0.4 is 10.6 Å². The highest BCUT2D eigenvalue weighted by molar-refractivity contribution is 7.89. The van der Waals surface area contributed by atoms with Gasteiger partial charge in [-0.3, -0.25) is 4.79 Å². The van der Waals surface area contributed by atoms with Crippen LogP contribution in [0.25, 0.3) is 0 Å². The molecule has 1 aromatic carbocycles. The summed E-state index contributed by atoms with van der Waals surface area (Å²) in [4.78, 5) is 12.6. The zero-order valence-corrected chi connectivity index (χ0v) is 17.9. The summed E-state index contributed by atoms with van der Waals surface area (Å²) < 4.78 is 27.0. The number of hydrogen-bond acceptors (Lipinski definition) is 4. The fraction of sp³-hybridized carbons (Fsp3) is 0.667. The van der Waals surface area contributed by atoms with Crippen LogP contribution in [0, 0.1) is 6.92 Å². The van der Waals surface area contributed by atoms with Crippen LogP contribution in [-0.2, 0) is 10.0 Å². The number of nitrogens with one attached hydrogen (secondary N) is 2. The van der Waals surface area contributed by atoms with Gasteiger partial charge in [-0.1, -0.05) is 51.2 Å². The van der Waals surface area contributed by atoms with Crippen LogP contribution in [0.3, 0.4) is 0 Å². The number of rotatable bonds is 8. The highest BCUT2D eigenvalue weighted by Crippen LogP contribution is 2.34. The first-order chi connectivity index (χ1) is 13.4. The molecule has 0 unspecified atom stereocenters. The Morgan fingerprint density at radius 3 is 2.43 bits per heavy atom. The lowest BCUT2D eigenvalue weighted by Crippen LogP contribution is -2.62. The van der Waals surface area contributed by atoms with Crippen LogP contribution in [-0.4, -0.2) is 43.1 Å². The summed E-state index contributed by atoms with van der Waals surface area (Å²) in [6.45, 7) is 5.04. The molecule has 28 heavy (non-hydrogen) atoms. The maximum atomic E-state index is 12.7. The number of fused-ring (bicyclic) bond motifs is 1. The first-order valence-corrected chi connectivity index (χ1v) is 12.2. The molecule has 0 bridgehead atoms. The molecule has 1 saturated heterocycles. The van der Waals surface area contributed by atoms with E-state index >= 15 is 0 Å². The van der Waals surface area contributed by atoms with Gasteiger partial charge in [0.05, 0.1) is 17.0 Å². The summed E-state index contributed by atoms with van der Waals surface area (Å²) in [7, 11) is -3.22. The zero-order chi connectivity index (χ0) is 20.2. The van der Waals surface area contributed by atoms with E-state index in [4.69, 9.17) is 0 Å². The summed E-state index contributed by atoms with van der Waals surface area (Å²) >= 11 is 0. The Hall–Kier alpha value is -1.60. The SMILES string of the molecule is CCCCCCCCS(=O)(=O)N1CCC2(CC1)NC(=O)c1cccc(C)c1N2. The van der Waals surface area contributed by atoms with Gasteiger partial charge >= 0.3 is 0 Å². The first-order valence-electron chi connectivity index (χ1n) is 10.5. The summed E-state index contributed by atoms with van der Waals surface area (Å²) in [5, 5.41) is 6.59. The molecule has 1 fully saturated rings. The minimum atomic E-state index is -3.22. The minimum absolute atomic E-state index is 0.0826. The van der Waals surface area contributed by atoms with E-state index in [1.165, 1.54) is 19.3 Å². The normalized spacial score (nSPS) is 19.1. The molecule has 7 heteroatoms. The zero-order valence-electron chi connectivity index (χ0n) is 17.1. The third-order valence-electron chi connectivity index (χ3n) is 5.96. The predicted molar refractivity (Wildman–Crippen MR) is 113 cm³/mol. The van der Waals surface area contributed by atoms with Crippen LogP contribution in [0.4, 0.5) is 5.69 Å². The molecule has 0 radical (unpaired) electrons. The number of carbonyl (C=O) groups is 1. The van der Waals surface area contributed by atoms with Crippen molar-refractivity contribution >= 4 is 21.6 Å². The molecule has 6 nitrogen and oxygen atoms in total. The molecule has 0 aromatic heterocycles. The summed E-state index contributed by atoms with van der Waals surface area (Å²) in [5.41, 5.74) is 2.01. The highest BCUT2D eigenvalue weighted by atomic mass is 32.2. The maximum Gasteiger partial charge on any atom is 0.255 e. The molecule has 0 atom stereocenters. The Bertz CT molecular complexity index is 799. The van der Waals surface area contributed by atoms with Gasteiger partial charge in [0, 0.05) is 25.9 Å². The van der Waals surface area contributed by atoms with Crippen molar-refractivity contribution in [3.63, 3.8) is 0 Å². The summed E-state index contributed by atoms with van der Waals surface area (Å²) in [6.07, 6.45) is 7.57. The van der Waals surface area contributed by atoms with E-state index < -0.39 is 15.7 Å². The van der Waals surface area contributed by atoms with E-state index in [1.807, 2.05) is 25.1 Å². The second-order valence-corrected chi connectivity index (χ2v) is 10.2. The molecule has 2 N–H and O–H groups in total. The number of hydrogen-bond donors (Lipinski definition) is 2. The van der Waals surface area contributed by atoms with Gasteiger partial charge in [-0.15, -0.1) is 0 Å². The van der Waals surface area contributed by atoms with E-state index in [0.29, 0.717) is 31.5 Å². The van der Waals surface area contributed by atoms with Crippen molar-refractivity contribution in [1.29, 1.82) is 0 Å². The number of para-hydroxylation sites is 1. The van der Waals surface area contributed by atoms with E-state index in [2.05, 4.69) is 17.6 Å². The Labute approximate surface area is 169 Å². The molecular weight excluding hydrogens is 374 g/mol. The Kier molecular flexibility index (Phi) is 6.65. The number of aryl methyl sites for hydroxylation is 1. The highest BCUT2D eigenvalue weighted by Gasteiger charge is 2.42. The lowest BCUT2D eigenvalue weighted by atomic mass is 9.92. The first kappa shape index (κ1) is 21.1. The molecule has 1 aromatic rings. The van der Waals surface area contributed by atoms with E-state index in [0.717, 1.165) is 30.5 Å². The Balaban J connectivity index is 1.55. The van der Waals surface area contributed by atoms with Crippen molar-refractivity contribution in [1.82, 2.24) is 9.62 Å². The van der Waals surface area contributed by atoms with Crippen LogP contribution >= 0.6 is 0 Å². The van der Waals surface area contributed by atoms with E-state index in [1.54, 1.807) is 4.31 Å². The molecule has 0 saturated carbocycles. The van der Waals surface area contributed by atoms with E-state index in [9.17, 15) is 13.2 Å². The van der Waals surface area contributed by atoms with Gasteiger partial charge in [-0.05, 0) is 25.0 Å². The van der Waals surface area contributed by atoms with Crippen molar-refractivity contribution in [2.75, 3.05) is 24.2 Å². The van der Waals surface area contributed by atoms with Gasteiger partial charge in [0.25, 0.3) is 5.91 Å². The van der Waals surface area contributed by atoms with Gasteiger partial charge in [0.15, 0.2) is 0 Å². The monoisotopic (exact) mass is 407 g/mol. The molecule has 2 aliphatic heterocycles. The molecule has 3 rings (SSSR count). The third-order valence-corrected chi connectivity index (χ3v) is 7.92. The third kappa shape index (κ3) is 4.69. The molecule has 2 aliphatic rings. The van der Waals surface area contributed by atoms with Crippen molar-refractivity contribution in [3.8, 4) is 0 Å². The molecule has 1 spiro atoms. The lowest BCUT2D eigenvalue weighted by Gasteiger charge is -2.45. The number of piperidine rings is 1. The number of anilines is 1. The predicted octanol–water partition coefficient (Wildman–Crippen LogP) is 3.63. The smallest absolute Gasteiger partial charge is 0.255 e. The molecule has 156 valence electrons. The number of carbonyl (C=O) groups excluding carboxylic acids is 1. The molecular formula is C21H33N3O3S. The number of sulfonamides is 1. The van der Waals surface area contributed by atoms with Crippen molar-refractivity contribution in [2.24, 2.45) is 0 Å². The second-order valence-electron chi connectivity index (χ2n) is 8.14. The topological polar surface area (TPSA) is 78.5 Å². The number of amides is 1. The van der Waals surface area contributed by atoms with Crippen LogP contribution in [0.1, 0.15) is 74.2 Å². The minimum Gasteiger partial charge on any atom is -0.362 e. The average molecular weight is 408 g/mol. The maximum absolute atomic E-state index is 12.7. The van der Waals surface area contributed by atoms with Crippen LogP contribution in [0.15, 0.2) is 18.2 Å². The fourth-order valence-electron chi connectivity index (χ4n) is 4.17. The quantitative estimate of drug-likeness (QED) is 0.645. The van der Waals surface area contributed by atoms with Gasteiger partial charge in [0.2, 0.25) is 10.0 Å². The number of benzene rings is 1. The fourth-order valence-corrected chi connectivity index (χ4v) is 5.73. The Morgan fingerprint density at radius 1 is 1.04 bits per heavy atom. The van der Waals surface area contributed by atoms with Gasteiger partial charge in [-0.2, -0.15) is 0 Å². The number of nitrogens with zero attached hydrogens (tertiary/aromatic N) is 1. The van der Waals surface area contributed by atoms with Gasteiger partial charge < -0.3 is 10.6 Å². The number of unbranched alkanes of at least 4 members (excludes halogenated alkanes) is 5. The van der Waals surface area contributed by atoms with Crippen molar-refractivity contribution in [2.45, 2.75) is 70.9 Å². The van der Waals surface area contributed by atoms with Crippen LogP contribution in [0.5, 0.6) is 0 Å². The standard InChI is InChI=1S/C21H33N3O3S/c1-3-4-5-6-7-8-16-28(26,27)24-14-12-21(13-15-24)22-19-17(2)10-9-11-18(19)20(25)23-21/h9-11,22H,3-8,12-16H2,1-2H3,(H,23,25). The van der Waals surface area contributed by atoms with Crippen LogP contribution in [0.2, 0.25) is 0 Å². The molecule has 1 amide bonds. The Morgan fingerprint density at radius 2 is 1.71 bits per heavy atom. The van der Waals surface area contributed by atoms with Gasteiger partial charge in [0.1, 0.15) is 5.66 Å².